The SMILES string of the molecule is Nc1ccc(COC2CCN(c3cccc4c3C(=O)N(C3CCC(=O)NC3=O)C4=O)CC2)cc1. The molecule has 1 unspecified atom stereocenters. The smallest absolute Gasteiger partial charge is 0.264 e. The number of piperidine rings is 2. The Balaban J connectivity index is 1.27. The fraction of sp³-hybridized carbons (Fsp3) is 0.360. The molecule has 34 heavy (non-hydrogen) atoms. The third-order valence-electron chi connectivity index (χ3n) is 6.69. The van der Waals surface area contributed by atoms with Gasteiger partial charge >= 0.3 is 0 Å². The van der Waals surface area contributed by atoms with Crippen molar-refractivity contribution in [3.63, 3.8) is 0 Å². The third-order valence-corrected chi connectivity index (χ3v) is 6.69. The van der Waals surface area contributed by atoms with Gasteiger partial charge in [-0.3, -0.25) is 29.4 Å². The van der Waals surface area contributed by atoms with Crippen LogP contribution in [0.1, 0.15) is 52.0 Å². The lowest BCUT2D eigenvalue weighted by molar-refractivity contribution is -0.136. The van der Waals surface area contributed by atoms with Gasteiger partial charge in [0.05, 0.1) is 29.5 Å². The summed E-state index contributed by atoms with van der Waals surface area (Å²) < 4.78 is 6.07. The van der Waals surface area contributed by atoms with Crippen molar-refractivity contribution < 1.29 is 23.9 Å². The maximum Gasteiger partial charge on any atom is 0.264 e. The second kappa shape index (κ2) is 8.90. The number of imide groups is 2. The molecule has 0 aromatic heterocycles. The van der Waals surface area contributed by atoms with E-state index in [0.29, 0.717) is 36.5 Å². The predicted molar refractivity (Wildman–Crippen MR) is 124 cm³/mol. The molecule has 0 aliphatic carbocycles. The van der Waals surface area contributed by atoms with E-state index in [-0.39, 0.29) is 24.9 Å². The molecule has 3 heterocycles. The molecule has 0 saturated carbocycles. The molecule has 4 amide bonds. The fourth-order valence-corrected chi connectivity index (χ4v) is 4.85. The van der Waals surface area contributed by atoms with Crippen LogP contribution in [0, 0.1) is 0 Å². The van der Waals surface area contributed by atoms with Crippen LogP contribution < -0.4 is 16.0 Å². The van der Waals surface area contributed by atoms with E-state index in [1.807, 2.05) is 30.3 Å². The molecule has 9 heteroatoms. The Bertz CT molecular complexity index is 1150. The standard InChI is InChI=1S/C25H26N4O5/c26-16-6-4-15(5-7-16)14-34-17-10-12-28(13-11-17)19-3-1-2-18-22(19)25(33)29(24(18)32)20-8-9-21(30)27-23(20)31/h1-7,17,20H,8-14,26H2,(H,27,30,31). The molecular weight excluding hydrogens is 436 g/mol. The highest BCUT2D eigenvalue weighted by Crippen LogP contribution is 2.35. The van der Waals surface area contributed by atoms with Crippen molar-refractivity contribution >= 4 is 35.0 Å². The normalized spacial score (nSPS) is 21.1. The third kappa shape index (κ3) is 4.03. The Morgan fingerprint density at radius 2 is 1.68 bits per heavy atom. The monoisotopic (exact) mass is 462 g/mol. The summed E-state index contributed by atoms with van der Waals surface area (Å²) >= 11 is 0. The first-order valence-electron chi connectivity index (χ1n) is 11.5. The number of ether oxygens (including phenoxy) is 1. The number of fused-ring (bicyclic) bond motifs is 1. The highest BCUT2D eigenvalue weighted by molar-refractivity contribution is 6.25. The maximum absolute atomic E-state index is 13.3. The van der Waals surface area contributed by atoms with Gasteiger partial charge in [-0.15, -0.1) is 0 Å². The van der Waals surface area contributed by atoms with Gasteiger partial charge in [-0.25, -0.2) is 0 Å². The summed E-state index contributed by atoms with van der Waals surface area (Å²) in [6.45, 7) is 1.88. The van der Waals surface area contributed by atoms with Crippen molar-refractivity contribution in [2.24, 2.45) is 0 Å². The molecule has 2 aromatic rings. The molecule has 2 aromatic carbocycles. The molecule has 5 rings (SSSR count). The van der Waals surface area contributed by atoms with E-state index in [9.17, 15) is 19.2 Å². The van der Waals surface area contributed by atoms with Crippen LogP contribution in [0.2, 0.25) is 0 Å². The number of nitrogen functional groups attached to an aromatic ring is 1. The number of carbonyl (C=O) groups excluding carboxylic acids is 4. The number of nitrogens with zero attached hydrogens (tertiary/aromatic N) is 2. The summed E-state index contributed by atoms with van der Waals surface area (Å²) in [6, 6.07) is 11.9. The molecule has 1 atom stereocenters. The molecule has 2 fully saturated rings. The topological polar surface area (TPSA) is 122 Å². The largest absolute Gasteiger partial charge is 0.399 e. The number of nitrogens with two attached hydrogens (primary N) is 1. The van der Waals surface area contributed by atoms with Crippen LogP contribution in [-0.4, -0.2) is 53.8 Å². The van der Waals surface area contributed by atoms with Crippen LogP contribution in [0.5, 0.6) is 0 Å². The quantitative estimate of drug-likeness (QED) is 0.514. The van der Waals surface area contributed by atoms with E-state index in [2.05, 4.69) is 10.2 Å². The van der Waals surface area contributed by atoms with Crippen molar-refractivity contribution in [1.82, 2.24) is 10.2 Å². The first-order valence-corrected chi connectivity index (χ1v) is 11.5. The van der Waals surface area contributed by atoms with Crippen molar-refractivity contribution in [2.45, 2.75) is 44.4 Å². The zero-order chi connectivity index (χ0) is 23.8. The van der Waals surface area contributed by atoms with Gasteiger partial charge in [-0.05, 0) is 49.1 Å². The molecule has 0 spiro atoms. The van der Waals surface area contributed by atoms with E-state index in [1.54, 1.807) is 12.1 Å². The van der Waals surface area contributed by atoms with Gasteiger partial charge in [-0.1, -0.05) is 18.2 Å². The molecule has 3 aliphatic rings. The predicted octanol–water partition coefficient (Wildman–Crippen LogP) is 1.86. The second-order valence-corrected chi connectivity index (χ2v) is 8.89. The minimum absolute atomic E-state index is 0.0978. The highest BCUT2D eigenvalue weighted by Gasteiger charge is 2.46. The summed E-state index contributed by atoms with van der Waals surface area (Å²) in [5.74, 6) is -1.96. The molecule has 0 bridgehead atoms. The zero-order valence-electron chi connectivity index (χ0n) is 18.7. The van der Waals surface area contributed by atoms with Crippen LogP contribution in [-0.2, 0) is 20.9 Å². The lowest BCUT2D eigenvalue weighted by Crippen LogP contribution is -2.54. The molecule has 176 valence electrons. The number of nitrogens with one attached hydrogen (secondary N) is 1. The zero-order valence-corrected chi connectivity index (χ0v) is 18.7. The molecule has 3 aliphatic heterocycles. The van der Waals surface area contributed by atoms with Crippen LogP contribution in [0.3, 0.4) is 0 Å². The summed E-state index contributed by atoms with van der Waals surface area (Å²) in [4.78, 5) is 53.3. The Morgan fingerprint density at radius 3 is 2.38 bits per heavy atom. The van der Waals surface area contributed by atoms with Gasteiger partial charge in [0.1, 0.15) is 6.04 Å². The first-order chi connectivity index (χ1) is 16.4. The number of carbonyl (C=O) groups is 4. The van der Waals surface area contributed by atoms with Crippen LogP contribution in [0.4, 0.5) is 11.4 Å². The summed E-state index contributed by atoms with van der Waals surface area (Å²) in [5.41, 5.74) is 8.84. The summed E-state index contributed by atoms with van der Waals surface area (Å²) in [5, 5.41) is 2.23. The molecule has 3 N–H and O–H groups in total. The van der Waals surface area contributed by atoms with Crippen molar-refractivity contribution in [1.29, 1.82) is 0 Å². The number of rotatable bonds is 5. The average molecular weight is 463 g/mol. The maximum atomic E-state index is 13.3. The van der Waals surface area contributed by atoms with Gasteiger partial charge in [0, 0.05) is 25.2 Å². The molecule has 2 saturated heterocycles. The van der Waals surface area contributed by atoms with Gasteiger partial charge in [-0.2, -0.15) is 0 Å². The van der Waals surface area contributed by atoms with Crippen LogP contribution in [0.25, 0.3) is 0 Å². The lowest BCUT2D eigenvalue weighted by atomic mass is 10.0. The Labute approximate surface area is 196 Å². The fourth-order valence-electron chi connectivity index (χ4n) is 4.85. The molecule has 0 radical (unpaired) electrons. The van der Waals surface area contributed by atoms with Gasteiger partial charge < -0.3 is 15.4 Å². The van der Waals surface area contributed by atoms with E-state index in [4.69, 9.17) is 10.5 Å². The number of amides is 4. The van der Waals surface area contributed by atoms with Crippen LogP contribution in [0.15, 0.2) is 42.5 Å². The number of hydrogen-bond donors (Lipinski definition) is 2. The molecule has 9 nitrogen and oxygen atoms in total. The summed E-state index contributed by atoms with van der Waals surface area (Å²) in [6.07, 6.45) is 1.92. The van der Waals surface area contributed by atoms with Gasteiger partial charge in [0.25, 0.3) is 11.8 Å². The summed E-state index contributed by atoms with van der Waals surface area (Å²) in [7, 11) is 0. The first kappa shape index (κ1) is 22.1. The van der Waals surface area contributed by atoms with Gasteiger partial charge in [0.15, 0.2) is 0 Å². The van der Waals surface area contributed by atoms with E-state index in [1.165, 1.54) is 0 Å². The average Bonchev–Trinajstić information content (AvgIpc) is 3.09. The Morgan fingerprint density at radius 1 is 0.941 bits per heavy atom. The number of hydrogen-bond acceptors (Lipinski definition) is 7. The van der Waals surface area contributed by atoms with Crippen molar-refractivity contribution in [3.8, 4) is 0 Å². The Hall–Kier alpha value is -3.72. The minimum Gasteiger partial charge on any atom is -0.399 e. The second-order valence-electron chi connectivity index (χ2n) is 8.89. The van der Waals surface area contributed by atoms with E-state index in [0.717, 1.165) is 29.0 Å². The highest BCUT2D eigenvalue weighted by atomic mass is 16.5. The molecular formula is C25H26N4O5. The Kier molecular flexibility index (Phi) is 5.79. The van der Waals surface area contributed by atoms with Gasteiger partial charge in [0.2, 0.25) is 11.8 Å². The number of anilines is 2. The van der Waals surface area contributed by atoms with Crippen molar-refractivity contribution in [2.75, 3.05) is 23.7 Å². The van der Waals surface area contributed by atoms with Crippen molar-refractivity contribution in [3.05, 3.63) is 59.2 Å². The minimum atomic E-state index is -0.967. The van der Waals surface area contributed by atoms with E-state index >= 15 is 0 Å². The number of benzene rings is 2. The van der Waals surface area contributed by atoms with E-state index < -0.39 is 23.8 Å². The van der Waals surface area contributed by atoms with Crippen LogP contribution >= 0.6 is 0 Å². The lowest BCUT2D eigenvalue weighted by Gasteiger charge is -2.34.